The number of fused-ring (bicyclic) bond motifs is 2. The highest BCUT2D eigenvalue weighted by Gasteiger charge is 2.35. The van der Waals surface area contributed by atoms with E-state index in [0.717, 1.165) is 41.5 Å². The zero-order chi connectivity index (χ0) is 14.8. The summed E-state index contributed by atoms with van der Waals surface area (Å²) in [4.78, 5) is 2.57. The van der Waals surface area contributed by atoms with E-state index in [-0.39, 0.29) is 0 Å². The van der Waals surface area contributed by atoms with Crippen molar-refractivity contribution < 1.29 is 4.74 Å². The molecule has 0 amide bonds. The summed E-state index contributed by atoms with van der Waals surface area (Å²) in [7, 11) is 1.72. The molecule has 1 aromatic rings. The van der Waals surface area contributed by atoms with Crippen LogP contribution in [0.2, 0.25) is 5.02 Å². The van der Waals surface area contributed by atoms with Gasteiger partial charge in [-0.3, -0.25) is 4.90 Å². The van der Waals surface area contributed by atoms with Crippen molar-refractivity contribution in [3.8, 4) is 5.75 Å². The topological polar surface area (TPSA) is 24.5 Å². The van der Waals surface area contributed by atoms with E-state index in [1.54, 1.807) is 7.11 Å². The van der Waals surface area contributed by atoms with Gasteiger partial charge in [0.05, 0.1) is 7.11 Å². The zero-order valence-corrected chi connectivity index (χ0v) is 13.7. The molecule has 3 rings (SSSR count). The number of halogens is 1. The van der Waals surface area contributed by atoms with E-state index in [2.05, 4.69) is 17.1 Å². The van der Waals surface area contributed by atoms with Gasteiger partial charge in [-0.2, -0.15) is 0 Å². The molecule has 2 aliphatic rings. The first kappa shape index (κ1) is 15.1. The van der Waals surface area contributed by atoms with E-state index in [9.17, 15) is 0 Å². The molecule has 2 fully saturated rings. The highest BCUT2D eigenvalue weighted by molar-refractivity contribution is 6.31. The van der Waals surface area contributed by atoms with E-state index in [0.29, 0.717) is 6.04 Å². The molecule has 2 unspecified atom stereocenters. The molecule has 0 aromatic heterocycles. The molecule has 3 nitrogen and oxygen atoms in total. The predicted octanol–water partition coefficient (Wildman–Crippen LogP) is 3.45. The third-order valence-corrected chi connectivity index (χ3v) is 5.38. The number of nitrogens with one attached hydrogen (secondary N) is 1. The summed E-state index contributed by atoms with van der Waals surface area (Å²) < 4.78 is 5.49. The van der Waals surface area contributed by atoms with E-state index in [4.69, 9.17) is 16.3 Å². The lowest BCUT2D eigenvalue weighted by Crippen LogP contribution is -2.48. The molecule has 2 bridgehead atoms. The number of piperidine rings is 1. The van der Waals surface area contributed by atoms with Crippen molar-refractivity contribution >= 4 is 11.6 Å². The van der Waals surface area contributed by atoms with Crippen LogP contribution in [-0.4, -0.2) is 36.7 Å². The van der Waals surface area contributed by atoms with E-state index in [1.807, 2.05) is 18.2 Å². The highest BCUT2D eigenvalue weighted by atomic mass is 35.5. The number of ether oxygens (including phenoxy) is 1. The van der Waals surface area contributed by atoms with Crippen LogP contribution < -0.4 is 10.1 Å². The molecule has 0 spiro atoms. The molecule has 2 saturated heterocycles. The number of nitrogens with zero attached hydrogens (tertiary/aromatic N) is 1. The van der Waals surface area contributed by atoms with Gasteiger partial charge < -0.3 is 10.1 Å². The van der Waals surface area contributed by atoms with Crippen molar-refractivity contribution in [1.29, 1.82) is 0 Å². The van der Waals surface area contributed by atoms with Crippen molar-refractivity contribution in [3.63, 3.8) is 0 Å². The van der Waals surface area contributed by atoms with Gasteiger partial charge in [-0.15, -0.1) is 0 Å². The first-order valence-corrected chi connectivity index (χ1v) is 8.40. The van der Waals surface area contributed by atoms with Crippen LogP contribution in [0.4, 0.5) is 0 Å². The molecule has 116 valence electrons. The van der Waals surface area contributed by atoms with Crippen LogP contribution in [0, 0.1) is 0 Å². The van der Waals surface area contributed by atoms with Gasteiger partial charge in [-0.1, -0.05) is 24.6 Å². The second-order valence-electron chi connectivity index (χ2n) is 6.25. The first-order chi connectivity index (χ1) is 10.2. The largest absolute Gasteiger partial charge is 0.496 e. The molecule has 1 N–H and O–H groups in total. The normalized spacial score (nSPS) is 28.1. The summed E-state index contributed by atoms with van der Waals surface area (Å²) in [6.07, 6.45) is 5.20. The minimum atomic E-state index is 0.662. The van der Waals surface area contributed by atoms with Crippen LogP contribution in [-0.2, 0) is 6.54 Å². The van der Waals surface area contributed by atoms with Gasteiger partial charge in [0.1, 0.15) is 5.75 Å². The Hall–Kier alpha value is -0.770. The lowest BCUT2D eigenvalue weighted by Gasteiger charge is -2.37. The quantitative estimate of drug-likeness (QED) is 0.901. The Morgan fingerprint density at radius 2 is 2.00 bits per heavy atom. The average Bonchev–Trinajstić information content (AvgIpc) is 2.84. The number of hydrogen-bond acceptors (Lipinski definition) is 3. The summed E-state index contributed by atoms with van der Waals surface area (Å²) in [5.41, 5.74) is 1.12. The van der Waals surface area contributed by atoms with Gasteiger partial charge >= 0.3 is 0 Å². The van der Waals surface area contributed by atoms with Gasteiger partial charge in [-0.05, 0) is 44.4 Å². The van der Waals surface area contributed by atoms with Gasteiger partial charge in [0.15, 0.2) is 0 Å². The monoisotopic (exact) mass is 308 g/mol. The molecule has 0 saturated carbocycles. The molecule has 2 atom stereocenters. The van der Waals surface area contributed by atoms with Crippen molar-refractivity contribution in [2.24, 2.45) is 0 Å². The number of rotatable bonds is 5. The summed E-state index contributed by atoms with van der Waals surface area (Å²) in [5.74, 6) is 0.901. The molecule has 0 radical (unpaired) electrons. The van der Waals surface area contributed by atoms with Crippen molar-refractivity contribution in [2.75, 3.05) is 13.7 Å². The van der Waals surface area contributed by atoms with E-state index in [1.165, 1.54) is 25.7 Å². The summed E-state index contributed by atoms with van der Waals surface area (Å²) in [5, 5.41) is 4.53. The molecule has 2 heterocycles. The molecule has 2 aliphatic heterocycles. The predicted molar refractivity (Wildman–Crippen MR) is 87.1 cm³/mol. The van der Waals surface area contributed by atoms with Crippen LogP contribution >= 0.6 is 11.6 Å². The Kier molecular flexibility index (Phi) is 4.72. The lowest BCUT2D eigenvalue weighted by atomic mass is 9.97. The van der Waals surface area contributed by atoms with E-state index < -0.39 is 0 Å². The standard InChI is InChI=1S/C17H25ClN2O/c1-3-20(14-9-12-7-8-13(10-14)19-12)11-15-16(18)5-4-6-17(15)21-2/h4-6,12-14,19H,3,7-11H2,1-2H3. The van der Waals surface area contributed by atoms with Crippen LogP contribution in [0.1, 0.15) is 38.2 Å². The van der Waals surface area contributed by atoms with Gasteiger partial charge in [0.2, 0.25) is 0 Å². The highest BCUT2D eigenvalue weighted by Crippen LogP contribution is 2.33. The van der Waals surface area contributed by atoms with Crippen LogP contribution in [0.25, 0.3) is 0 Å². The molecule has 0 aliphatic carbocycles. The maximum atomic E-state index is 6.40. The minimum absolute atomic E-state index is 0.662. The fourth-order valence-electron chi connectivity index (χ4n) is 3.91. The second kappa shape index (κ2) is 6.55. The smallest absolute Gasteiger partial charge is 0.124 e. The summed E-state index contributed by atoms with van der Waals surface area (Å²) in [6, 6.07) is 8.01. The number of benzene rings is 1. The fourth-order valence-corrected chi connectivity index (χ4v) is 4.14. The maximum absolute atomic E-state index is 6.40. The summed E-state index contributed by atoms with van der Waals surface area (Å²) >= 11 is 6.40. The Bertz CT molecular complexity index is 482. The van der Waals surface area contributed by atoms with Crippen molar-refractivity contribution in [1.82, 2.24) is 10.2 Å². The minimum Gasteiger partial charge on any atom is -0.496 e. The Morgan fingerprint density at radius 1 is 1.29 bits per heavy atom. The van der Waals surface area contributed by atoms with Crippen molar-refractivity contribution in [2.45, 2.75) is 57.3 Å². The molecule has 4 heteroatoms. The Labute approximate surface area is 132 Å². The van der Waals surface area contributed by atoms with Crippen LogP contribution in [0.3, 0.4) is 0 Å². The summed E-state index contributed by atoms with van der Waals surface area (Å²) in [6.45, 7) is 4.18. The van der Waals surface area contributed by atoms with Gasteiger partial charge in [-0.25, -0.2) is 0 Å². The third kappa shape index (κ3) is 3.20. The van der Waals surface area contributed by atoms with E-state index >= 15 is 0 Å². The van der Waals surface area contributed by atoms with Gasteiger partial charge in [0.25, 0.3) is 0 Å². The first-order valence-electron chi connectivity index (χ1n) is 8.02. The third-order valence-electron chi connectivity index (χ3n) is 5.03. The molecular formula is C17H25ClN2O. The lowest BCUT2D eigenvalue weighted by molar-refractivity contribution is 0.139. The fraction of sp³-hybridized carbons (Fsp3) is 0.647. The van der Waals surface area contributed by atoms with Crippen molar-refractivity contribution in [3.05, 3.63) is 28.8 Å². The van der Waals surface area contributed by atoms with Crippen LogP contribution in [0.5, 0.6) is 5.75 Å². The Morgan fingerprint density at radius 3 is 2.62 bits per heavy atom. The average molecular weight is 309 g/mol. The maximum Gasteiger partial charge on any atom is 0.124 e. The number of hydrogen-bond donors (Lipinski definition) is 1. The second-order valence-corrected chi connectivity index (χ2v) is 6.65. The van der Waals surface area contributed by atoms with Crippen LogP contribution in [0.15, 0.2) is 18.2 Å². The molecular weight excluding hydrogens is 284 g/mol. The number of methoxy groups -OCH3 is 1. The molecule has 21 heavy (non-hydrogen) atoms. The Balaban J connectivity index is 1.75. The SMILES string of the molecule is CCN(Cc1c(Cl)cccc1OC)C1CC2CCC(C1)N2. The molecule has 1 aromatic carbocycles. The van der Waals surface area contributed by atoms with Gasteiger partial charge in [0, 0.05) is 35.3 Å². The zero-order valence-electron chi connectivity index (χ0n) is 12.9.